The van der Waals surface area contributed by atoms with E-state index in [0.29, 0.717) is 17.1 Å². The molecule has 2 fully saturated rings. The molecule has 3 aliphatic rings. The van der Waals surface area contributed by atoms with Crippen molar-refractivity contribution >= 4 is 19.3 Å². The second-order valence-corrected chi connectivity index (χ2v) is 5.61. The number of rotatable bonds is 1. The Morgan fingerprint density at radius 3 is 2.32 bits per heavy atom. The summed E-state index contributed by atoms with van der Waals surface area (Å²) in [5.41, 5.74) is 0.322. The zero-order chi connectivity index (χ0) is 13.2. The number of carbonyl (C=O) groups excluding carboxylic acids is 1. The summed E-state index contributed by atoms with van der Waals surface area (Å²) in [6.45, 7) is -3.67. The lowest BCUT2D eigenvalue weighted by atomic mass is 9.68. The molecule has 2 saturated carbocycles. The van der Waals surface area contributed by atoms with Crippen LogP contribution in [0.4, 0.5) is 13.2 Å². The number of halogens is 3. The zero-order valence-electron chi connectivity index (χ0n) is 11.0. The van der Waals surface area contributed by atoms with Crippen molar-refractivity contribution in [2.75, 3.05) is 0 Å². The highest BCUT2D eigenvalue weighted by molar-refractivity contribution is 7.37. The summed E-state index contributed by atoms with van der Waals surface area (Å²) in [7, 11) is 0. The summed E-state index contributed by atoms with van der Waals surface area (Å²) in [6.07, 6.45) is 13.1. The summed E-state index contributed by atoms with van der Waals surface area (Å²) in [6, 6.07) is 0. The Kier molecular flexibility index (Phi) is 5.96. The Balaban J connectivity index is 0.000000323. The molecular weight excluding hydrogens is 273 g/mol. The number of carbonyl (C=O) groups is 1. The van der Waals surface area contributed by atoms with Gasteiger partial charge in [0.2, 0.25) is 0 Å². The van der Waals surface area contributed by atoms with Crippen LogP contribution in [0.3, 0.4) is 0 Å². The average molecular weight is 295 g/mol. The fourth-order valence-electron chi connectivity index (χ4n) is 3.81. The molecule has 5 heteroatoms. The largest absolute Gasteiger partial charge is 0.379 e. The van der Waals surface area contributed by atoms with Crippen LogP contribution in [0.2, 0.25) is 0 Å². The Morgan fingerprint density at radius 1 is 1.21 bits per heavy atom. The van der Waals surface area contributed by atoms with Crippen LogP contribution < -0.4 is 0 Å². The fourth-order valence-corrected chi connectivity index (χ4v) is 3.81. The topological polar surface area (TPSA) is 17.1 Å². The van der Waals surface area contributed by atoms with Gasteiger partial charge < -0.3 is 0 Å². The van der Waals surface area contributed by atoms with Crippen LogP contribution in [-0.2, 0) is 18.3 Å². The van der Waals surface area contributed by atoms with Gasteiger partial charge in [0.05, 0.1) is 0 Å². The van der Waals surface area contributed by atoms with E-state index in [4.69, 9.17) is 0 Å². The van der Waals surface area contributed by atoms with Crippen LogP contribution in [0.5, 0.6) is 0 Å². The van der Waals surface area contributed by atoms with Crippen molar-refractivity contribution in [3.8, 4) is 0 Å². The van der Waals surface area contributed by atoms with Gasteiger partial charge in [0.1, 0.15) is 5.78 Å². The summed E-state index contributed by atoms with van der Waals surface area (Å²) in [5, 5.41) is 0. The second-order valence-electron chi connectivity index (χ2n) is 5.61. The van der Waals surface area contributed by atoms with Gasteiger partial charge in [-0.3, -0.25) is 4.79 Å². The highest BCUT2D eigenvalue weighted by Gasteiger charge is 2.48. The van der Waals surface area contributed by atoms with Crippen molar-refractivity contribution in [3.63, 3.8) is 0 Å². The maximum absolute atomic E-state index is 11.9. The standard InChI is InChI=1S/C13H18O.CHF3.H2S/c14-12-4-2-1-3-11(12)13-7-5-10(9-13)6-8-13;2-1(3)4;/h5,7,10-11H,1-4,6,8-9H2;1H;1H2/p+1. The Morgan fingerprint density at radius 2 is 1.89 bits per heavy atom. The molecule has 3 unspecified atom stereocenters. The van der Waals surface area contributed by atoms with Crippen LogP contribution in [0.15, 0.2) is 12.2 Å². The number of ketones is 1. The van der Waals surface area contributed by atoms with E-state index in [2.05, 4.69) is 12.2 Å². The molecule has 0 aromatic carbocycles. The molecule has 3 rings (SSSR count). The molecule has 0 saturated heterocycles. The SMILES string of the molecule is FC(F)F.O=C1CCCCC1C12C=CC(CC1)C2.[SH3+]. The molecule has 0 radical (unpaired) electrons. The summed E-state index contributed by atoms with van der Waals surface area (Å²) < 4.78 is 29.0. The van der Waals surface area contributed by atoms with Gasteiger partial charge in [0, 0.05) is 12.3 Å². The predicted octanol–water partition coefficient (Wildman–Crippen LogP) is 3.48. The Labute approximate surface area is 119 Å². The molecule has 1 nitrogen and oxygen atoms in total. The molecule has 0 aromatic heterocycles. The monoisotopic (exact) mass is 295 g/mol. The van der Waals surface area contributed by atoms with E-state index in [-0.39, 0.29) is 13.5 Å². The van der Waals surface area contributed by atoms with Gasteiger partial charge in [-0.2, -0.15) is 13.2 Å². The molecular formula is C14H22F3OS+. The molecule has 2 bridgehead atoms. The van der Waals surface area contributed by atoms with Crippen molar-refractivity contribution in [1.29, 1.82) is 0 Å². The normalized spacial score (nSPS) is 35.9. The predicted molar refractivity (Wildman–Crippen MR) is 74.5 cm³/mol. The van der Waals surface area contributed by atoms with E-state index in [1.807, 2.05) is 0 Å². The quantitative estimate of drug-likeness (QED) is 0.535. The third-order valence-electron chi connectivity index (χ3n) is 4.57. The minimum absolute atomic E-state index is 0. The first-order valence-electron chi connectivity index (χ1n) is 6.68. The smallest absolute Gasteiger partial charge is 0.299 e. The van der Waals surface area contributed by atoms with Crippen molar-refractivity contribution < 1.29 is 18.0 Å². The molecule has 0 aromatic rings. The number of alkyl halides is 3. The van der Waals surface area contributed by atoms with Crippen molar-refractivity contribution in [2.24, 2.45) is 17.3 Å². The molecule has 19 heavy (non-hydrogen) atoms. The van der Waals surface area contributed by atoms with Crippen molar-refractivity contribution in [2.45, 2.75) is 51.6 Å². The number of Topliss-reactive ketones (excluding diaryl/α,β-unsaturated/α-hetero) is 1. The molecule has 0 amide bonds. The fraction of sp³-hybridized carbons (Fsp3) is 0.786. The summed E-state index contributed by atoms with van der Waals surface area (Å²) >= 11 is 0. The van der Waals surface area contributed by atoms with Crippen LogP contribution >= 0.6 is 0 Å². The lowest BCUT2D eigenvalue weighted by molar-refractivity contribution is -0.128. The minimum atomic E-state index is -3.67. The molecule has 0 spiro atoms. The summed E-state index contributed by atoms with van der Waals surface area (Å²) in [5.74, 6) is 1.76. The van der Waals surface area contributed by atoms with E-state index < -0.39 is 6.68 Å². The van der Waals surface area contributed by atoms with Gasteiger partial charge in [-0.1, -0.05) is 32.1 Å². The lowest BCUT2D eigenvalue weighted by Gasteiger charge is -2.35. The number of hydrogen-bond acceptors (Lipinski definition) is 1. The van der Waals surface area contributed by atoms with Gasteiger partial charge >= 0.3 is 6.68 Å². The summed E-state index contributed by atoms with van der Waals surface area (Å²) in [4.78, 5) is 11.9. The number of fused-ring (bicyclic) bond motifs is 2. The first-order valence-corrected chi connectivity index (χ1v) is 6.68. The van der Waals surface area contributed by atoms with Gasteiger partial charge in [0.25, 0.3) is 0 Å². The lowest BCUT2D eigenvalue weighted by Crippen LogP contribution is -2.33. The van der Waals surface area contributed by atoms with Crippen LogP contribution in [0.1, 0.15) is 44.9 Å². The van der Waals surface area contributed by atoms with Crippen molar-refractivity contribution in [1.82, 2.24) is 0 Å². The Bertz CT molecular complexity index is 343. The van der Waals surface area contributed by atoms with Gasteiger partial charge in [-0.25, -0.2) is 0 Å². The molecule has 110 valence electrons. The van der Waals surface area contributed by atoms with Crippen molar-refractivity contribution in [3.05, 3.63) is 12.2 Å². The molecule has 0 heterocycles. The third-order valence-corrected chi connectivity index (χ3v) is 4.57. The van der Waals surface area contributed by atoms with Gasteiger partial charge in [0.15, 0.2) is 0 Å². The van der Waals surface area contributed by atoms with E-state index in [1.54, 1.807) is 0 Å². The first-order chi connectivity index (χ1) is 8.53. The number of hydrogen-bond donors (Lipinski definition) is 0. The molecule has 3 atom stereocenters. The van der Waals surface area contributed by atoms with Crippen LogP contribution in [-0.4, -0.2) is 12.5 Å². The van der Waals surface area contributed by atoms with E-state index in [9.17, 15) is 18.0 Å². The van der Waals surface area contributed by atoms with E-state index in [0.717, 1.165) is 25.2 Å². The van der Waals surface area contributed by atoms with E-state index >= 15 is 0 Å². The Hall–Kier alpha value is -0.450. The van der Waals surface area contributed by atoms with Crippen LogP contribution in [0, 0.1) is 17.3 Å². The zero-order valence-corrected chi connectivity index (χ0v) is 12.1. The van der Waals surface area contributed by atoms with E-state index in [1.165, 1.54) is 25.7 Å². The maximum atomic E-state index is 11.9. The molecule has 3 aliphatic carbocycles. The first kappa shape index (κ1) is 16.6. The second kappa shape index (κ2) is 6.82. The van der Waals surface area contributed by atoms with Gasteiger partial charge in [-0.15, -0.1) is 0 Å². The minimum Gasteiger partial charge on any atom is -0.299 e. The molecule has 0 N–H and O–H groups in total. The highest BCUT2D eigenvalue weighted by atomic mass is 32.1. The van der Waals surface area contributed by atoms with Crippen LogP contribution in [0.25, 0.3) is 0 Å². The third kappa shape index (κ3) is 3.77. The highest BCUT2D eigenvalue weighted by Crippen LogP contribution is 2.55. The maximum Gasteiger partial charge on any atom is 0.379 e. The number of allylic oxidation sites excluding steroid dienone is 2. The molecule has 0 aliphatic heterocycles. The average Bonchev–Trinajstić information content (AvgIpc) is 2.89. The van der Waals surface area contributed by atoms with Gasteiger partial charge in [-0.05, 0) is 43.4 Å².